The molecule has 26 heavy (non-hydrogen) atoms. The molecule has 1 aromatic heterocycles. The summed E-state index contributed by atoms with van der Waals surface area (Å²) in [5, 5.41) is 10.9. The number of anilines is 1. The van der Waals surface area contributed by atoms with Gasteiger partial charge >= 0.3 is 0 Å². The number of aliphatic imine (C=N–C) groups is 1. The summed E-state index contributed by atoms with van der Waals surface area (Å²) >= 11 is 0. The zero-order chi connectivity index (χ0) is 18.0. The van der Waals surface area contributed by atoms with Crippen molar-refractivity contribution in [2.45, 2.75) is 26.4 Å². The van der Waals surface area contributed by atoms with Crippen molar-refractivity contribution >= 4 is 11.6 Å². The molecule has 1 aromatic carbocycles. The second-order valence-corrected chi connectivity index (χ2v) is 6.29. The van der Waals surface area contributed by atoms with Crippen molar-refractivity contribution < 1.29 is 0 Å². The molecule has 0 bridgehead atoms. The van der Waals surface area contributed by atoms with E-state index in [2.05, 4.69) is 64.0 Å². The van der Waals surface area contributed by atoms with Crippen LogP contribution in [0, 0.1) is 0 Å². The van der Waals surface area contributed by atoms with Crippen molar-refractivity contribution in [1.29, 1.82) is 0 Å². The molecule has 2 aromatic rings. The van der Waals surface area contributed by atoms with E-state index < -0.39 is 0 Å². The lowest BCUT2D eigenvalue weighted by Crippen LogP contribution is -2.38. The van der Waals surface area contributed by atoms with Gasteiger partial charge in [-0.1, -0.05) is 24.3 Å². The molecule has 0 radical (unpaired) electrons. The molecular weight excluding hydrogens is 324 g/mol. The van der Waals surface area contributed by atoms with E-state index >= 15 is 0 Å². The van der Waals surface area contributed by atoms with E-state index in [-0.39, 0.29) is 0 Å². The van der Waals surface area contributed by atoms with Crippen LogP contribution in [0.15, 0.2) is 59.9 Å². The van der Waals surface area contributed by atoms with E-state index in [0.717, 1.165) is 45.1 Å². The van der Waals surface area contributed by atoms with E-state index in [1.165, 1.54) is 11.3 Å². The Bertz CT molecular complexity index is 712. The van der Waals surface area contributed by atoms with E-state index in [0.29, 0.717) is 6.54 Å². The minimum atomic E-state index is 0.670. The first-order valence-electron chi connectivity index (χ1n) is 9.33. The summed E-state index contributed by atoms with van der Waals surface area (Å²) in [6.45, 7) is 7.37. The smallest absolute Gasteiger partial charge is 0.191 e. The Hall–Kier alpha value is -2.76. The molecule has 0 unspecified atom stereocenters. The van der Waals surface area contributed by atoms with Crippen LogP contribution in [0.3, 0.4) is 0 Å². The van der Waals surface area contributed by atoms with Gasteiger partial charge < -0.3 is 15.5 Å². The summed E-state index contributed by atoms with van der Waals surface area (Å²) in [5.74, 6) is 0.862. The van der Waals surface area contributed by atoms with Crippen LogP contribution in [0.4, 0.5) is 5.69 Å². The molecule has 0 spiro atoms. The molecule has 1 aliphatic heterocycles. The minimum absolute atomic E-state index is 0.670. The largest absolute Gasteiger partial charge is 0.364 e. The number of hydrogen-bond donors (Lipinski definition) is 2. The SMILES string of the molecule is CCNC(=NCc1cccc(N2CC=CC2)c1)NCCCn1cccn1. The van der Waals surface area contributed by atoms with Crippen LogP contribution in [-0.2, 0) is 13.1 Å². The van der Waals surface area contributed by atoms with Crippen molar-refractivity contribution in [3.63, 3.8) is 0 Å². The molecule has 0 amide bonds. The number of guanidine groups is 1. The number of rotatable bonds is 8. The first-order chi connectivity index (χ1) is 12.8. The lowest BCUT2D eigenvalue weighted by molar-refractivity contribution is 0.570. The van der Waals surface area contributed by atoms with Crippen LogP contribution in [0.1, 0.15) is 18.9 Å². The summed E-state index contributed by atoms with van der Waals surface area (Å²) in [5.41, 5.74) is 2.49. The second kappa shape index (κ2) is 9.65. The van der Waals surface area contributed by atoms with Gasteiger partial charge in [0.15, 0.2) is 5.96 Å². The third-order valence-electron chi connectivity index (χ3n) is 4.27. The fourth-order valence-electron chi connectivity index (χ4n) is 2.93. The van der Waals surface area contributed by atoms with E-state index in [1.807, 2.05) is 23.1 Å². The third-order valence-corrected chi connectivity index (χ3v) is 4.27. The van der Waals surface area contributed by atoms with Crippen molar-refractivity contribution in [2.24, 2.45) is 4.99 Å². The summed E-state index contributed by atoms with van der Waals surface area (Å²) in [4.78, 5) is 7.08. The molecular formula is C20H28N6. The van der Waals surface area contributed by atoms with E-state index in [1.54, 1.807) is 0 Å². The Labute approximate surface area is 155 Å². The molecule has 0 fully saturated rings. The maximum atomic E-state index is 4.72. The predicted octanol–water partition coefficient (Wildman–Crippen LogP) is 2.40. The number of aryl methyl sites for hydroxylation is 1. The molecule has 3 rings (SSSR count). The van der Waals surface area contributed by atoms with Gasteiger partial charge in [0.05, 0.1) is 6.54 Å². The first-order valence-corrected chi connectivity index (χ1v) is 9.33. The Morgan fingerprint density at radius 1 is 1.19 bits per heavy atom. The molecule has 0 atom stereocenters. The van der Waals surface area contributed by atoms with Crippen LogP contribution < -0.4 is 15.5 Å². The van der Waals surface area contributed by atoms with Crippen LogP contribution >= 0.6 is 0 Å². The topological polar surface area (TPSA) is 57.5 Å². The zero-order valence-electron chi connectivity index (χ0n) is 15.4. The minimum Gasteiger partial charge on any atom is -0.364 e. The van der Waals surface area contributed by atoms with Crippen molar-refractivity contribution in [2.75, 3.05) is 31.1 Å². The maximum absolute atomic E-state index is 4.72. The fraction of sp³-hybridized carbons (Fsp3) is 0.400. The highest BCUT2D eigenvalue weighted by atomic mass is 15.3. The lowest BCUT2D eigenvalue weighted by atomic mass is 10.2. The molecule has 6 heteroatoms. The Morgan fingerprint density at radius 3 is 2.85 bits per heavy atom. The van der Waals surface area contributed by atoms with Gasteiger partial charge in [0.2, 0.25) is 0 Å². The van der Waals surface area contributed by atoms with Crippen molar-refractivity contribution in [3.05, 3.63) is 60.4 Å². The van der Waals surface area contributed by atoms with Gasteiger partial charge in [-0.2, -0.15) is 5.10 Å². The van der Waals surface area contributed by atoms with E-state index in [9.17, 15) is 0 Å². The molecule has 2 heterocycles. The molecule has 2 N–H and O–H groups in total. The Kier molecular flexibility index (Phi) is 6.70. The highest BCUT2D eigenvalue weighted by Crippen LogP contribution is 2.18. The van der Waals surface area contributed by atoms with Gasteiger partial charge in [-0.05, 0) is 37.1 Å². The maximum Gasteiger partial charge on any atom is 0.191 e. The van der Waals surface area contributed by atoms with Gasteiger partial charge in [-0.3, -0.25) is 4.68 Å². The highest BCUT2D eigenvalue weighted by molar-refractivity contribution is 5.79. The molecule has 1 aliphatic rings. The van der Waals surface area contributed by atoms with E-state index in [4.69, 9.17) is 4.99 Å². The number of benzene rings is 1. The van der Waals surface area contributed by atoms with Gasteiger partial charge in [-0.15, -0.1) is 0 Å². The lowest BCUT2D eigenvalue weighted by Gasteiger charge is -2.18. The average molecular weight is 352 g/mol. The standard InChI is InChI=1S/C20H28N6/c1-2-21-20(22-10-6-14-26-15-7-11-24-26)23-17-18-8-5-9-19(16-18)25-12-3-4-13-25/h3-5,7-9,11,15-16H,2,6,10,12-14,17H2,1H3,(H2,21,22,23). The number of nitrogens with one attached hydrogen (secondary N) is 2. The average Bonchev–Trinajstić information content (AvgIpc) is 3.37. The highest BCUT2D eigenvalue weighted by Gasteiger charge is 2.07. The Balaban J connectivity index is 1.50. The number of nitrogens with zero attached hydrogens (tertiary/aromatic N) is 4. The Morgan fingerprint density at radius 2 is 2.08 bits per heavy atom. The third kappa shape index (κ3) is 5.37. The van der Waals surface area contributed by atoms with Crippen LogP contribution in [-0.4, -0.2) is 41.9 Å². The monoisotopic (exact) mass is 352 g/mol. The number of aromatic nitrogens is 2. The van der Waals surface area contributed by atoms with Gasteiger partial charge in [0.1, 0.15) is 0 Å². The van der Waals surface area contributed by atoms with Crippen LogP contribution in [0.2, 0.25) is 0 Å². The van der Waals surface area contributed by atoms with Crippen LogP contribution in [0.5, 0.6) is 0 Å². The molecule has 0 saturated heterocycles. The predicted molar refractivity (Wildman–Crippen MR) is 107 cm³/mol. The summed E-state index contributed by atoms with van der Waals surface area (Å²) in [6, 6.07) is 10.6. The van der Waals surface area contributed by atoms with Crippen molar-refractivity contribution in [1.82, 2.24) is 20.4 Å². The van der Waals surface area contributed by atoms with Gasteiger partial charge in [-0.25, -0.2) is 4.99 Å². The second-order valence-electron chi connectivity index (χ2n) is 6.29. The first kappa shape index (κ1) is 18.0. The zero-order valence-corrected chi connectivity index (χ0v) is 15.4. The quantitative estimate of drug-likeness (QED) is 0.332. The molecule has 138 valence electrons. The number of hydrogen-bond acceptors (Lipinski definition) is 3. The van der Waals surface area contributed by atoms with Crippen molar-refractivity contribution in [3.8, 4) is 0 Å². The molecule has 6 nitrogen and oxygen atoms in total. The van der Waals surface area contributed by atoms with Crippen LogP contribution in [0.25, 0.3) is 0 Å². The molecule has 0 saturated carbocycles. The normalized spacial score (nSPS) is 14.0. The van der Waals surface area contributed by atoms with Gasteiger partial charge in [0, 0.05) is 50.8 Å². The summed E-state index contributed by atoms with van der Waals surface area (Å²) in [7, 11) is 0. The summed E-state index contributed by atoms with van der Waals surface area (Å²) in [6.07, 6.45) is 9.22. The van der Waals surface area contributed by atoms with Gasteiger partial charge in [0.25, 0.3) is 0 Å². The fourth-order valence-corrected chi connectivity index (χ4v) is 2.93. The molecule has 0 aliphatic carbocycles. The summed E-state index contributed by atoms with van der Waals surface area (Å²) < 4.78 is 1.95.